The lowest BCUT2D eigenvalue weighted by atomic mass is 9.87. The molecule has 1 saturated heterocycles. The smallest absolute Gasteiger partial charge is 0.254 e. The quantitative estimate of drug-likeness (QED) is 0.690. The van der Waals surface area contributed by atoms with E-state index in [0.717, 1.165) is 42.4 Å². The van der Waals surface area contributed by atoms with Gasteiger partial charge in [-0.3, -0.25) is 9.78 Å². The van der Waals surface area contributed by atoms with Gasteiger partial charge in [0, 0.05) is 30.6 Å². The van der Waals surface area contributed by atoms with Crippen LogP contribution in [0.5, 0.6) is 0 Å². The lowest BCUT2D eigenvalue weighted by Crippen LogP contribution is -2.39. The first-order valence-corrected chi connectivity index (χ1v) is 8.92. The Kier molecular flexibility index (Phi) is 4.22. The maximum atomic E-state index is 13.2. The summed E-state index contributed by atoms with van der Waals surface area (Å²) in [7, 11) is 0. The van der Waals surface area contributed by atoms with Crippen molar-refractivity contribution in [2.75, 3.05) is 13.1 Å². The zero-order chi connectivity index (χ0) is 17.2. The molecule has 1 aliphatic heterocycles. The van der Waals surface area contributed by atoms with Crippen molar-refractivity contribution in [1.29, 1.82) is 0 Å². The van der Waals surface area contributed by atoms with Gasteiger partial charge in [0.15, 0.2) is 0 Å². The Hall–Kier alpha value is -2.68. The second kappa shape index (κ2) is 6.67. The summed E-state index contributed by atoms with van der Waals surface area (Å²) in [5, 5.41) is 0.938. The fourth-order valence-electron chi connectivity index (χ4n) is 3.91. The number of hydrogen-bond donors (Lipinski definition) is 0. The maximum absolute atomic E-state index is 13.2. The van der Waals surface area contributed by atoms with Gasteiger partial charge in [-0.15, -0.1) is 0 Å². The van der Waals surface area contributed by atoms with E-state index in [1.54, 1.807) is 6.20 Å². The Morgan fingerprint density at radius 3 is 2.76 bits per heavy atom. The molecule has 4 rings (SSSR count). The number of carbonyl (C=O) groups is 1. The van der Waals surface area contributed by atoms with Crippen LogP contribution in [0.15, 0.2) is 60.8 Å². The normalized spacial score (nSPS) is 17.6. The second-order valence-corrected chi connectivity index (χ2v) is 6.82. The second-order valence-electron chi connectivity index (χ2n) is 6.82. The highest BCUT2D eigenvalue weighted by Gasteiger charge is 2.27. The van der Waals surface area contributed by atoms with Crippen LogP contribution in [-0.4, -0.2) is 28.9 Å². The number of nitrogens with zero attached hydrogens (tertiary/aromatic N) is 2. The average molecular weight is 330 g/mol. The molecular weight excluding hydrogens is 308 g/mol. The molecule has 3 heteroatoms. The first-order valence-electron chi connectivity index (χ1n) is 8.92. The van der Waals surface area contributed by atoms with Crippen molar-refractivity contribution >= 4 is 16.8 Å². The third kappa shape index (κ3) is 3.02. The predicted octanol–water partition coefficient (Wildman–Crippen LogP) is 4.56. The van der Waals surface area contributed by atoms with E-state index in [1.165, 1.54) is 11.1 Å². The molecule has 2 heterocycles. The summed E-state index contributed by atoms with van der Waals surface area (Å²) in [4.78, 5) is 19.6. The van der Waals surface area contributed by atoms with Crippen LogP contribution in [0.1, 0.15) is 40.2 Å². The molecule has 3 nitrogen and oxygen atoms in total. The van der Waals surface area contributed by atoms with E-state index in [4.69, 9.17) is 0 Å². The van der Waals surface area contributed by atoms with Crippen molar-refractivity contribution in [1.82, 2.24) is 9.88 Å². The Morgan fingerprint density at radius 2 is 1.88 bits per heavy atom. The SMILES string of the molecule is Cc1ccccc1C1CCCN(C(=O)c2ccnc3ccccc23)C1. The highest BCUT2D eigenvalue weighted by Crippen LogP contribution is 2.30. The number of pyridine rings is 1. The summed E-state index contributed by atoms with van der Waals surface area (Å²) in [5.74, 6) is 0.545. The number of amides is 1. The van der Waals surface area contributed by atoms with E-state index in [0.29, 0.717) is 5.92 Å². The highest BCUT2D eigenvalue weighted by atomic mass is 16.2. The molecule has 0 spiro atoms. The number of benzene rings is 2. The van der Waals surface area contributed by atoms with Crippen molar-refractivity contribution in [3.63, 3.8) is 0 Å². The summed E-state index contributed by atoms with van der Waals surface area (Å²) in [6, 6.07) is 18.3. The molecule has 0 aliphatic carbocycles. The van der Waals surface area contributed by atoms with E-state index >= 15 is 0 Å². The molecule has 126 valence electrons. The Balaban J connectivity index is 1.63. The summed E-state index contributed by atoms with van der Waals surface area (Å²) < 4.78 is 0. The van der Waals surface area contributed by atoms with Crippen molar-refractivity contribution in [3.8, 4) is 0 Å². The fourth-order valence-corrected chi connectivity index (χ4v) is 3.91. The summed E-state index contributed by atoms with van der Waals surface area (Å²) >= 11 is 0. The van der Waals surface area contributed by atoms with Gasteiger partial charge in [-0.05, 0) is 43.0 Å². The minimum absolute atomic E-state index is 0.122. The first kappa shape index (κ1) is 15.8. The van der Waals surface area contributed by atoms with Gasteiger partial charge in [0.25, 0.3) is 5.91 Å². The Morgan fingerprint density at radius 1 is 1.08 bits per heavy atom. The van der Waals surface area contributed by atoms with Crippen LogP contribution in [0.4, 0.5) is 0 Å². The van der Waals surface area contributed by atoms with Crippen LogP contribution in [0, 0.1) is 6.92 Å². The van der Waals surface area contributed by atoms with E-state index in [1.807, 2.05) is 35.2 Å². The molecule has 1 aromatic heterocycles. The Bertz CT molecular complexity index is 913. The van der Waals surface area contributed by atoms with Gasteiger partial charge in [0.05, 0.1) is 11.1 Å². The number of rotatable bonds is 2. The molecule has 0 saturated carbocycles. The molecule has 1 unspecified atom stereocenters. The third-order valence-electron chi connectivity index (χ3n) is 5.22. The molecular formula is C22H22N2O. The molecule has 3 aromatic rings. The van der Waals surface area contributed by atoms with Crippen molar-refractivity contribution in [3.05, 3.63) is 77.5 Å². The van der Waals surface area contributed by atoms with Gasteiger partial charge in [0.1, 0.15) is 0 Å². The number of piperidine rings is 1. The molecule has 25 heavy (non-hydrogen) atoms. The molecule has 1 amide bonds. The van der Waals surface area contributed by atoms with Crippen LogP contribution in [-0.2, 0) is 0 Å². The van der Waals surface area contributed by atoms with Gasteiger partial charge in [-0.1, -0.05) is 42.5 Å². The molecule has 1 aliphatic rings. The average Bonchev–Trinajstić information content (AvgIpc) is 2.67. The molecule has 0 N–H and O–H groups in total. The summed E-state index contributed by atoms with van der Waals surface area (Å²) in [6.07, 6.45) is 3.93. The van der Waals surface area contributed by atoms with Crippen molar-refractivity contribution in [2.45, 2.75) is 25.7 Å². The van der Waals surface area contributed by atoms with Crippen LogP contribution in [0.2, 0.25) is 0 Å². The third-order valence-corrected chi connectivity index (χ3v) is 5.22. The number of hydrogen-bond acceptors (Lipinski definition) is 2. The minimum Gasteiger partial charge on any atom is -0.338 e. The number of fused-ring (bicyclic) bond motifs is 1. The van der Waals surface area contributed by atoms with Crippen LogP contribution >= 0.6 is 0 Å². The van der Waals surface area contributed by atoms with Gasteiger partial charge in [-0.25, -0.2) is 0 Å². The molecule has 0 bridgehead atoms. The van der Waals surface area contributed by atoms with Gasteiger partial charge < -0.3 is 4.90 Å². The van der Waals surface area contributed by atoms with E-state index in [-0.39, 0.29) is 5.91 Å². The Labute approximate surface area is 148 Å². The number of aryl methyl sites for hydroxylation is 1. The monoisotopic (exact) mass is 330 g/mol. The van der Waals surface area contributed by atoms with Gasteiger partial charge >= 0.3 is 0 Å². The predicted molar refractivity (Wildman–Crippen MR) is 101 cm³/mol. The molecule has 1 fully saturated rings. The van der Waals surface area contributed by atoms with Crippen molar-refractivity contribution in [2.24, 2.45) is 0 Å². The zero-order valence-electron chi connectivity index (χ0n) is 14.5. The number of carbonyl (C=O) groups excluding carboxylic acids is 1. The van der Waals surface area contributed by atoms with Crippen LogP contribution < -0.4 is 0 Å². The van der Waals surface area contributed by atoms with E-state index < -0.39 is 0 Å². The topological polar surface area (TPSA) is 33.2 Å². The number of para-hydroxylation sites is 1. The molecule has 2 aromatic carbocycles. The van der Waals surface area contributed by atoms with Gasteiger partial charge in [-0.2, -0.15) is 0 Å². The number of likely N-dealkylation sites (tertiary alicyclic amines) is 1. The molecule has 0 radical (unpaired) electrons. The summed E-state index contributed by atoms with van der Waals surface area (Å²) in [5.41, 5.74) is 4.33. The zero-order valence-corrected chi connectivity index (χ0v) is 14.5. The fraction of sp³-hybridized carbons (Fsp3) is 0.273. The standard InChI is InChI=1S/C22H22N2O/c1-16-7-2-3-9-18(16)17-8-6-14-24(15-17)22(25)20-12-13-23-21-11-5-4-10-19(20)21/h2-5,7,9-13,17H,6,8,14-15H2,1H3. The molecule has 1 atom stereocenters. The van der Waals surface area contributed by atoms with Gasteiger partial charge in [0.2, 0.25) is 0 Å². The maximum Gasteiger partial charge on any atom is 0.254 e. The largest absolute Gasteiger partial charge is 0.338 e. The highest BCUT2D eigenvalue weighted by molar-refractivity contribution is 6.06. The first-order chi connectivity index (χ1) is 12.2. The van der Waals surface area contributed by atoms with E-state index in [2.05, 4.69) is 36.2 Å². The van der Waals surface area contributed by atoms with Crippen LogP contribution in [0.25, 0.3) is 10.9 Å². The number of aromatic nitrogens is 1. The minimum atomic E-state index is 0.122. The van der Waals surface area contributed by atoms with E-state index in [9.17, 15) is 4.79 Å². The van der Waals surface area contributed by atoms with Crippen LogP contribution in [0.3, 0.4) is 0 Å². The lowest BCUT2D eigenvalue weighted by Gasteiger charge is -2.34. The summed E-state index contributed by atoms with van der Waals surface area (Å²) in [6.45, 7) is 3.78. The van der Waals surface area contributed by atoms with Crippen molar-refractivity contribution < 1.29 is 4.79 Å². The lowest BCUT2D eigenvalue weighted by molar-refractivity contribution is 0.0709.